The zero-order valence-electron chi connectivity index (χ0n) is 16.2. The SMILES string of the molecule is CCN(CC)C(=O)c1nc(C(=O)Nc2ccc3c(c2)OCO3)c2n1CCCC2. The molecule has 3 heterocycles. The molecule has 2 aliphatic heterocycles. The van der Waals surface area contributed by atoms with Crippen molar-refractivity contribution in [1.29, 1.82) is 0 Å². The molecular formula is C20H24N4O4. The molecule has 0 bridgehead atoms. The molecule has 1 aromatic heterocycles. The summed E-state index contributed by atoms with van der Waals surface area (Å²) >= 11 is 0. The lowest BCUT2D eigenvalue weighted by molar-refractivity contribution is 0.0754. The fourth-order valence-corrected chi connectivity index (χ4v) is 3.70. The Labute approximate surface area is 163 Å². The standard InChI is InChI=1S/C20H24N4O4/c1-3-23(4-2)20(26)18-22-17(14-7-5-6-10-24(14)18)19(25)21-13-8-9-15-16(11-13)28-12-27-15/h8-9,11H,3-7,10,12H2,1-2H3,(H,21,25). The maximum Gasteiger partial charge on any atom is 0.289 e. The van der Waals surface area contributed by atoms with Gasteiger partial charge in [0.15, 0.2) is 23.0 Å². The van der Waals surface area contributed by atoms with E-state index in [1.54, 1.807) is 23.1 Å². The van der Waals surface area contributed by atoms with Crippen molar-refractivity contribution in [2.75, 3.05) is 25.2 Å². The Morgan fingerprint density at radius 1 is 1.18 bits per heavy atom. The highest BCUT2D eigenvalue weighted by molar-refractivity contribution is 6.05. The number of fused-ring (bicyclic) bond motifs is 2. The van der Waals surface area contributed by atoms with Crippen LogP contribution in [0.15, 0.2) is 18.2 Å². The van der Waals surface area contributed by atoms with Gasteiger partial charge in [-0.15, -0.1) is 0 Å². The Kier molecular flexibility index (Phi) is 4.93. The Hall–Kier alpha value is -3.03. The largest absolute Gasteiger partial charge is 0.454 e. The topological polar surface area (TPSA) is 85.7 Å². The van der Waals surface area contributed by atoms with Crippen LogP contribution in [0.2, 0.25) is 0 Å². The molecule has 0 aliphatic carbocycles. The zero-order valence-corrected chi connectivity index (χ0v) is 16.2. The first-order valence-corrected chi connectivity index (χ1v) is 9.72. The number of aromatic nitrogens is 2. The molecule has 0 saturated carbocycles. The molecular weight excluding hydrogens is 360 g/mol. The molecule has 0 unspecified atom stereocenters. The number of benzene rings is 1. The van der Waals surface area contributed by atoms with Crippen LogP contribution in [0, 0.1) is 0 Å². The number of carbonyl (C=O) groups is 2. The average molecular weight is 384 g/mol. The van der Waals surface area contributed by atoms with Gasteiger partial charge in [-0.3, -0.25) is 9.59 Å². The van der Waals surface area contributed by atoms with E-state index in [4.69, 9.17) is 9.47 Å². The van der Waals surface area contributed by atoms with E-state index < -0.39 is 0 Å². The van der Waals surface area contributed by atoms with Crippen molar-refractivity contribution >= 4 is 17.5 Å². The van der Waals surface area contributed by atoms with Crippen LogP contribution >= 0.6 is 0 Å². The number of carbonyl (C=O) groups excluding carboxylic acids is 2. The number of anilines is 1. The van der Waals surface area contributed by atoms with Gasteiger partial charge in [0, 0.05) is 31.4 Å². The predicted octanol–water partition coefficient (Wildman–Crippen LogP) is 2.68. The third-order valence-electron chi connectivity index (χ3n) is 5.21. The highest BCUT2D eigenvalue weighted by Crippen LogP contribution is 2.34. The Bertz CT molecular complexity index is 917. The van der Waals surface area contributed by atoms with E-state index in [0.29, 0.717) is 48.3 Å². The van der Waals surface area contributed by atoms with Gasteiger partial charge in [0.1, 0.15) is 0 Å². The maximum atomic E-state index is 12.9. The van der Waals surface area contributed by atoms with Crippen LogP contribution in [0.3, 0.4) is 0 Å². The van der Waals surface area contributed by atoms with Crippen molar-refractivity contribution in [1.82, 2.24) is 14.5 Å². The van der Waals surface area contributed by atoms with Crippen LogP contribution in [-0.4, -0.2) is 46.1 Å². The smallest absolute Gasteiger partial charge is 0.289 e. The summed E-state index contributed by atoms with van der Waals surface area (Å²) in [5.74, 6) is 1.17. The van der Waals surface area contributed by atoms with Crippen molar-refractivity contribution < 1.29 is 19.1 Å². The molecule has 0 spiro atoms. The summed E-state index contributed by atoms with van der Waals surface area (Å²) < 4.78 is 12.6. The number of imidazole rings is 1. The van der Waals surface area contributed by atoms with Crippen molar-refractivity contribution in [3.8, 4) is 11.5 Å². The molecule has 8 heteroatoms. The molecule has 148 valence electrons. The van der Waals surface area contributed by atoms with Crippen molar-refractivity contribution in [3.63, 3.8) is 0 Å². The van der Waals surface area contributed by atoms with Gasteiger partial charge in [0.2, 0.25) is 6.79 Å². The fraction of sp³-hybridized carbons (Fsp3) is 0.450. The number of hydrogen-bond acceptors (Lipinski definition) is 5. The quantitative estimate of drug-likeness (QED) is 0.857. The van der Waals surface area contributed by atoms with Crippen molar-refractivity contribution in [2.24, 2.45) is 0 Å². The average Bonchev–Trinajstić information content (AvgIpc) is 3.33. The Morgan fingerprint density at radius 2 is 1.96 bits per heavy atom. The van der Waals surface area contributed by atoms with Crippen molar-refractivity contribution in [2.45, 2.75) is 39.7 Å². The summed E-state index contributed by atoms with van der Waals surface area (Å²) in [5.41, 5.74) is 1.76. The second-order valence-corrected chi connectivity index (χ2v) is 6.84. The van der Waals surface area contributed by atoms with Gasteiger partial charge in [-0.05, 0) is 45.2 Å². The number of nitrogens with zero attached hydrogens (tertiary/aromatic N) is 3. The third-order valence-corrected chi connectivity index (χ3v) is 5.21. The first-order valence-electron chi connectivity index (χ1n) is 9.72. The molecule has 2 aliphatic rings. The zero-order chi connectivity index (χ0) is 19.7. The molecule has 28 heavy (non-hydrogen) atoms. The monoisotopic (exact) mass is 384 g/mol. The van der Waals surface area contributed by atoms with Gasteiger partial charge in [0.05, 0.1) is 5.69 Å². The number of hydrogen-bond donors (Lipinski definition) is 1. The molecule has 1 aromatic carbocycles. The first kappa shape index (κ1) is 18.3. The number of rotatable bonds is 5. The molecule has 0 fully saturated rings. The molecule has 4 rings (SSSR count). The molecule has 8 nitrogen and oxygen atoms in total. The summed E-state index contributed by atoms with van der Waals surface area (Å²) in [5, 5.41) is 2.87. The minimum atomic E-state index is -0.317. The van der Waals surface area contributed by atoms with Gasteiger partial charge in [0.25, 0.3) is 11.8 Å². The second kappa shape index (κ2) is 7.53. The highest BCUT2D eigenvalue weighted by atomic mass is 16.7. The van der Waals surface area contributed by atoms with Crippen LogP contribution in [0.5, 0.6) is 11.5 Å². The van der Waals surface area contributed by atoms with E-state index in [1.807, 2.05) is 18.4 Å². The molecule has 0 radical (unpaired) electrons. The van der Waals surface area contributed by atoms with Gasteiger partial charge in [-0.2, -0.15) is 0 Å². The van der Waals surface area contributed by atoms with E-state index in [9.17, 15) is 9.59 Å². The van der Waals surface area contributed by atoms with E-state index in [-0.39, 0.29) is 18.6 Å². The molecule has 1 N–H and O–H groups in total. The minimum absolute atomic E-state index is 0.129. The van der Waals surface area contributed by atoms with E-state index in [1.165, 1.54) is 0 Å². The lowest BCUT2D eigenvalue weighted by Gasteiger charge is -2.21. The summed E-state index contributed by atoms with van der Waals surface area (Å²) in [6.07, 6.45) is 2.70. The van der Waals surface area contributed by atoms with Crippen LogP contribution < -0.4 is 14.8 Å². The summed E-state index contributed by atoms with van der Waals surface area (Å²) in [6, 6.07) is 5.25. The van der Waals surface area contributed by atoms with E-state index in [2.05, 4.69) is 10.3 Å². The number of ether oxygens (including phenoxy) is 2. The Balaban J connectivity index is 1.63. The van der Waals surface area contributed by atoms with Crippen LogP contribution in [0.1, 0.15) is 53.5 Å². The van der Waals surface area contributed by atoms with Crippen LogP contribution in [0.4, 0.5) is 5.69 Å². The van der Waals surface area contributed by atoms with Gasteiger partial charge >= 0.3 is 0 Å². The maximum absolute atomic E-state index is 12.9. The van der Waals surface area contributed by atoms with Gasteiger partial charge < -0.3 is 24.3 Å². The highest BCUT2D eigenvalue weighted by Gasteiger charge is 2.29. The number of amides is 2. The van der Waals surface area contributed by atoms with E-state index >= 15 is 0 Å². The molecule has 0 saturated heterocycles. The summed E-state index contributed by atoms with van der Waals surface area (Å²) in [7, 11) is 0. The normalized spacial score (nSPS) is 14.5. The predicted molar refractivity (Wildman–Crippen MR) is 103 cm³/mol. The van der Waals surface area contributed by atoms with Gasteiger partial charge in [-0.1, -0.05) is 0 Å². The number of nitrogens with one attached hydrogen (secondary N) is 1. The summed E-state index contributed by atoms with van der Waals surface area (Å²) in [6.45, 7) is 5.98. The van der Waals surface area contributed by atoms with Gasteiger partial charge in [-0.25, -0.2) is 4.98 Å². The first-order chi connectivity index (χ1) is 13.6. The van der Waals surface area contributed by atoms with Crippen LogP contribution in [0.25, 0.3) is 0 Å². The van der Waals surface area contributed by atoms with E-state index in [0.717, 1.165) is 25.0 Å². The van der Waals surface area contributed by atoms with Crippen LogP contribution in [-0.2, 0) is 13.0 Å². The lowest BCUT2D eigenvalue weighted by Crippen LogP contribution is -2.33. The minimum Gasteiger partial charge on any atom is -0.454 e. The molecule has 0 atom stereocenters. The molecule has 2 aromatic rings. The molecule has 2 amide bonds. The Morgan fingerprint density at radius 3 is 2.75 bits per heavy atom. The summed E-state index contributed by atoms with van der Waals surface area (Å²) in [4.78, 5) is 32.0. The second-order valence-electron chi connectivity index (χ2n) is 6.84. The third kappa shape index (κ3) is 3.19. The lowest BCUT2D eigenvalue weighted by atomic mass is 10.1. The fourth-order valence-electron chi connectivity index (χ4n) is 3.70. The van der Waals surface area contributed by atoms with Crippen molar-refractivity contribution in [3.05, 3.63) is 35.4 Å².